The van der Waals surface area contributed by atoms with Crippen LogP contribution in [0.3, 0.4) is 0 Å². The van der Waals surface area contributed by atoms with E-state index in [1.807, 2.05) is 0 Å². The van der Waals surface area contributed by atoms with Crippen LogP contribution in [0.25, 0.3) is 10.2 Å². The van der Waals surface area contributed by atoms with Gasteiger partial charge in [-0.15, -0.1) is 11.3 Å². The summed E-state index contributed by atoms with van der Waals surface area (Å²) in [5.74, 6) is 0. The number of rotatable bonds is 2. The molecule has 3 aromatic rings. The number of hydrogen-bond donors (Lipinski definition) is 0. The molecule has 1 aliphatic heterocycles. The fourth-order valence-corrected chi connectivity index (χ4v) is 4.80. The van der Waals surface area contributed by atoms with Crippen LogP contribution in [-0.2, 0) is 27.8 Å². The van der Waals surface area contributed by atoms with Crippen LogP contribution >= 0.6 is 11.3 Å². The van der Waals surface area contributed by atoms with E-state index < -0.39 is 21.7 Å². The standard InChI is InChI=1S/C17H18N4O4S2/c1-17(2,3)25-16(22)20-7-11-8-21(19-14(11)9-20)27(23,24)12-4-5-13-15(6-12)26-10-18-13/h4-6,8,10H,7,9H2,1-3H3. The molecule has 0 saturated carbocycles. The first-order valence-electron chi connectivity index (χ1n) is 8.28. The lowest BCUT2D eigenvalue weighted by molar-refractivity contribution is 0.0239. The summed E-state index contributed by atoms with van der Waals surface area (Å²) in [6.45, 7) is 5.89. The largest absolute Gasteiger partial charge is 0.444 e. The van der Waals surface area contributed by atoms with Crippen LogP contribution in [0.2, 0.25) is 0 Å². The van der Waals surface area contributed by atoms with Crippen molar-refractivity contribution in [3.63, 3.8) is 0 Å². The number of hydrogen-bond acceptors (Lipinski definition) is 7. The summed E-state index contributed by atoms with van der Waals surface area (Å²) < 4.78 is 32.9. The maximum absolute atomic E-state index is 12.9. The quantitative estimate of drug-likeness (QED) is 0.649. The van der Waals surface area contributed by atoms with Crippen molar-refractivity contribution in [3.05, 3.63) is 41.2 Å². The van der Waals surface area contributed by atoms with Crippen LogP contribution in [0.4, 0.5) is 4.79 Å². The minimum Gasteiger partial charge on any atom is -0.444 e. The van der Waals surface area contributed by atoms with Crippen LogP contribution < -0.4 is 0 Å². The highest BCUT2D eigenvalue weighted by Crippen LogP contribution is 2.27. The molecule has 1 aromatic carbocycles. The Labute approximate surface area is 160 Å². The third-order valence-electron chi connectivity index (χ3n) is 4.06. The zero-order valence-corrected chi connectivity index (χ0v) is 16.7. The fourth-order valence-electron chi connectivity index (χ4n) is 2.81. The predicted molar refractivity (Wildman–Crippen MR) is 99.9 cm³/mol. The van der Waals surface area contributed by atoms with Gasteiger partial charge < -0.3 is 4.74 Å². The third kappa shape index (κ3) is 3.30. The van der Waals surface area contributed by atoms with Crippen molar-refractivity contribution in [3.8, 4) is 0 Å². The van der Waals surface area contributed by atoms with Crippen molar-refractivity contribution in [2.24, 2.45) is 0 Å². The van der Waals surface area contributed by atoms with Gasteiger partial charge in [-0.1, -0.05) is 0 Å². The molecular weight excluding hydrogens is 388 g/mol. The zero-order valence-electron chi connectivity index (χ0n) is 15.0. The monoisotopic (exact) mass is 406 g/mol. The SMILES string of the molecule is CC(C)(C)OC(=O)N1Cc2cn(S(=O)(=O)c3ccc4ncsc4c3)nc2C1. The Morgan fingerprint density at radius 3 is 2.74 bits per heavy atom. The molecule has 0 aliphatic carbocycles. The van der Waals surface area contributed by atoms with E-state index in [0.717, 1.165) is 14.3 Å². The van der Waals surface area contributed by atoms with E-state index in [4.69, 9.17) is 4.74 Å². The molecule has 1 aliphatic rings. The molecule has 0 fully saturated rings. The average Bonchev–Trinajstić information content (AvgIpc) is 3.26. The summed E-state index contributed by atoms with van der Waals surface area (Å²) in [7, 11) is -3.80. The molecule has 0 N–H and O–H groups in total. The molecule has 0 unspecified atom stereocenters. The van der Waals surface area contributed by atoms with Gasteiger partial charge in [0.25, 0.3) is 10.0 Å². The fraction of sp³-hybridized carbons (Fsp3) is 0.353. The first kappa shape index (κ1) is 17.9. The van der Waals surface area contributed by atoms with Gasteiger partial charge in [-0.25, -0.2) is 9.78 Å². The minimum atomic E-state index is -3.80. The van der Waals surface area contributed by atoms with Crippen molar-refractivity contribution in [2.75, 3.05) is 0 Å². The molecule has 8 nitrogen and oxygen atoms in total. The second-order valence-electron chi connectivity index (χ2n) is 7.30. The Morgan fingerprint density at radius 1 is 1.26 bits per heavy atom. The van der Waals surface area contributed by atoms with Crippen molar-refractivity contribution in [1.82, 2.24) is 19.1 Å². The zero-order chi connectivity index (χ0) is 19.4. The highest BCUT2D eigenvalue weighted by molar-refractivity contribution is 7.89. The second kappa shape index (κ2) is 6.03. The number of nitrogens with zero attached hydrogens (tertiary/aromatic N) is 4. The Morgan fingerprint density at radius 2 is 2.04 bits per heavy atom. The number of carbonyl (C=O) groups excluding carboxylic acids is 1. The summed E-state index contributed by atoms with van der Waals surface area (Å²) in [5.41, 5.74) is 3.10. The van der Waals surface area contributed by atoms with Crippen molar-refractivity contribution < 1.29 is 17.9 Å². The maximum atomic E-state index is 12.9. The van der Waals surface area contributed by atoms with E-state index in [1.54, 1.807) is 38.4 Å². The number of ether oxygens (including phenoxy) is 1. The molecule has 0 saturated heterocycles. The van der Waals surface area contributed by atoms with Crippen LogP contribution in [-0.4, -0.2) is 39.2 Å². The summed E-state index contributed by atoms with van der Waals surface area (Å²) >= 11 is 1.38. The number of aromatic nitrogens is 3. The van der Waals surface area contributed by atoms with Crippen LogP contribution in [0.15, 0.2) is 34.8 Å². The van der Waals surface area contributed by atoms with Gasteiger partial charge >= 0.3 is 6.09 Å². The van der Waals surface area contributed by atoms with Gasteiger partial charge in [0.2, 0.25) is 0 Å². The smallest absolute Gasteiger partial charge is 0.410 e. The highest BCUT2D eigenvalue weighted by atomic mass is 32.2. The van der Waals surface area contributed by atoms with Crippen molar-refractivity contribution >= 4 is 37.7 Å². The summed E-state index contributed by atoms with van der Waals surface area (Å²) in [4.78, 5) is 18.0. The molecule has 4 rings (SSSR count). The van der Waals surface area contributed by atoms with E-state index in [0.29, 0.717) is 11.3 Å². The van der Waals surface area contributed by atoms with E-state index >= 15 is 0 Å². The summed E-state index contributed by atoms with van der Waals surface area (Å²) in [5, 5.41) is 4.20. The van der Waals surface area contributed by atoms with Gasteiger partial charge in [-0.05, 0) is 39.0 Å². The average molecular weight is 406 g/mol. The molecule has 0 atom stereocenters. The molecule has 0 radical (unpaired) electrons. The van der Waals surface area contributed by atoms with Crippen LogP contribution in [0.1, 0.15) is 32.0 Å². The Kier molecular flexibility index (Phi) is 4.00. The Bertz CT molecular complexity index is 1120. The Hall–Kier alpha value is -2.46. The molecular formula is C17H18N4O4S2. The second-order valence-corrected chi connectivity index (χ2v) is 9.98. The van der Waals surface area contributed by atoms with Crippen LogP contribution in [0, 0.1) is 0 Å². The molecule has 1 amide bonds. The summed E-state index contributed by atoms with van der Waals surface area (Å²) in [6, 6.07) is 4.81. The number of carbonyl (C=O) groups is 1. The Balaban J connectivity index is 1.58. The molecule has 0 spiro atoms. The number of fused-ring (bicyclic) bond motifs is 2. The summed E-state index contributed by atoms with van der Waals surface area (Å²) in [6.07, 6.45) is 1.02. The molecule has 0 bridgehead atoms. The molecule has 27 heavy (non-hydrogen) atoms. The van der Waals surface area contributed by atoms with E-state index in [2.05, 4.69) is 10.1 Å². The number of thiazole rings is 1. The van der Waals surface area contributed by atoms with Gasteiger partial charge in [0.05, 0.1) is 39.4 Å². The maximum Gasteiger partial charge on any atom is 0.410 e. The van der Waals surface area contributed by atoms with Crippen LogP contribution in [0.5, 0.6) is 0 Å². The van der Waals surface area contributed by atoms with Crippen molar-refractivity contribution in [1.29, 1.82) is 0 Å². The lowest BCUT2D eigenvalue weighted by Gasteiger charge is -2.24. The van der Waals surface area contributed by atoms with Gasteiger partial charge in [0, 0.05) is 11.8 Å². The number of amides is 1. The van der Waals surface area contributed by atoms with E-state index in [-0.39, 0.29) is 18.0 Å². The molecule has 142 valence electrons. The number of benzene rings is 1. The molecule has 3 heterocycles. The third-order valence-corrected chi connectivity index (χ3v) is 6.38. The lowest BCUT2D eigenvalue weighted by atomic mass is 10.2. The molecule has 2 aromatic heterocycles. The van der Waals surface area contributed by atoms with E-state index in [9.17, 15) is 13.2 Å². The first-order chi connectivity index (χ1) is 12.6. The van der Waals surface area contributed by atoms with Crippen molar-refractivity contribution in [2.45, 2.75) is 44.4 Å². The minimum absolute atomic E-state index is 0.157. The highest BCUT2D eigenvalue weighted by Gasteiger charge is 2.32. The van der Waals surface area contributed by atoms with E-state index in [1.165, 1.54) is 28.5 Å². The predicted octanol–water partition coefficient (Wildman–Crippen LogP) is 2.98. The first-order valence-corrected chi connectivity index (χ1v) is 10.6. The van der Waals surface area contributed by atoms with Gasteiger partial charge in [0.15, 0.2) is 0 Å². The normalized spacial score (nSPS) is 14.6. The topological polar surface area (TPSA) is 94.4 Å². The van der Waals surface area contributed by atoms with Gasteiger partial charge in [0.1, 0.15) is 5.60 Å². The molecule has 10 heteroatoms. The van der Waals surface area contributed by atoms with Gasteiger partial charge in [-0.2, -0.15) is 17.6 Å². The van der Waals surface area contributed by atoms with Gasteiger partial charge in [-0.3, -0.25) is 4.90 Å². The lowest BCUT2D eigenvalue weighted by Crippen LogP contribution is -2.33.